The molecule has 1 fully saturated rings. The van der Waals surface area contributed by atoms with E-state index < -0.39 is 0 Å². The van der Waals surface area contributed by atoms with Crippen molar-refractivity contribution < 1.29 is 0 Å². The van der Waals surface area contributed by atoms with Crippen LogP contribution in [0.25, 0.3) is 0 Å². The highest BCUT2D eigenvalue weighted by Crippen LogP contribution is 2.19. The molecule has 0 bridgehead atoms. The molecule has 0 aromatic carbocycles. The normalized spacial score (nSPS) is 17.7. The summed E-state index contributed by atoms with van der Waals surface area (Å²) in [5.74, 6) is 1.36. The first-order chi connectivity index (χ1) is 7.70. The van der Waals surface area contributed by atoms with Crippen LogP contribution in [0, 0.1) is 0 Å². The van der Waals surface area contributed by atoms with Gasteiger partial charge >= 0.3 is 0 Å². The molecular weight excluding hydrogens is 202 g/mol. The van der Waals surface area contributed by atoms with E-state index >= 15 is 0 Å². The predicted octanol–water partition coefficient (Wildman–Crippen LogP) is 0.388. The summed E-state index contributed by atoms with van der Waals surface area (Å²) in [6, 6.07) is 3.76. The minimum Gasteiger partial charge on any atom is -0.396 e. The number of piperazine rings is 1. The van der Waals surface area contributed by atoms with Crippen LogP contribution in [0.4, 0.5) is 17.3 Å². The van der Waals surface area contributed by atoms with Crippen LogP contribution in [-0.4, -0.2) is 42.6 Å². The van der Waals surface area contributed by atoms with E-state index in [1.807, 2.05) is 12.1 Å². The Balaban J connectivity index is 2.05. The SMILES string of the molecule is CCN1CCN(c2ccc(N)c(N)n2)CC1. The number of anilines is 3. The second kappa shape index (κ2) is 4.57. The number of aromatic nitrogens is 1. The summed E-state index contributed by atoms with van der Waals surface area (Å²) in [5, 5.41) is 0. The maximum atomic E-state index is 5.71. The Kier molecular flexibility index (Phi) is 3.14. The standard InChI is InChI=1S/C11H19N5/c1-2-15-5-7-16(8-6-15)10-4-3-9(12)11(13)14-10/h3-4H,2,5-8,12H2,1H3,(H2,13,14). The second-order valence-corrected chi connectivity index (χ2v) is 4.07. The molecule has 0 saturated carbocycles. The Morgan fingerprint density at radius 2 is 1.88 bits per heavy atom. The van der Waals surface area contributed by atoms with Crippen molar-refractivity contribution in [1.82, 2.24) is 9.88 Å². The Hall–Kier alpha value is -1.49. The third kappa shape index (κ3) is 2.19. The number of likely N-dealkylation sites (N-methyl/N-ethyl adjacent to an activating group) is 1. The van der Waals surface area contributed by atoms with Gasteiger partial charge in [-0.2, -0.15) is 0 Å². The first-order valence-corrected chi connectivity index (χ1v) is 5.70. The third-order valence-electron chi connectivity index (χ3n) is 3.09. The van der Waals surface area contributed by atoms with Crippen LogP contribution in [-0.2, 0) is 0 Å². The van der Waals surface area contributed by atoms with Crippen LogP contribution in [0.1, 0.15) is 6.92 Å². The Morgan fingerprint density at radius 3 is 2.44 bits per heavy atom. The third-order valence-corrected chi connectivity index (χ3v) is 3.09. The first-order valence-electron chi connectivity index (χ1n) is 5.70. The monoisotopic (exact) mass is 221 g/mol. The highest BCUT2D eigenvalue weighted by Gasteiger charge is 2.16. The number of nitrogens with two attached hydrogens (primary N) is 2. The molecule has 1 aliphatic heterocycles. The molecular formula is C11H19N5. The number of rotatable bonds is 2. The molecule has 4 N–H and O–H groups in total. The molecule has 1 saturated heterocycles. The second-order valence-electron chi connectivity index (χ2n) is 4.07. The van der Waals surface area contributed by atoms with Gasteiger partial charge in [0.05, 0.1) is 5.69 Å². The molecule has 16 heavy (non-hydrogen) atoms. The fraction of sp³-hybridized carbons (Fsp3) is 0.545. The molecule has 1 aromatic rings. The molecule has 1 aromatic heterocycles. The fourth-order valence-corrected chi connectivity index (χ4v) is 1.94. The van der Waals surface area contributed by atoms with Gasteiger partial charge in [-0.25, -0.2) is 4.98 Å². The maximum absolute atomic E-state index is 5.71. The minimum atomic E-state index is 0.426. The van der Waals surface area contributed by atoms with E-state index in [4.69, 9.17) is 11.5 Å². The molecule has 2 heterocycles. The van der Waals surface area contributed by atoms with E-state index in [0.717, 1.165) is 38.5 Å². The highest BCUT2D eigenvalue weighted by atomic mass is 15.3. The molecule has 0 atom stereocenters. The van der Waals surface area contributed by atoms with Gasteiger partial charge in [-0.3, -0.25) is 0 Å². The fourth-order valence-electron chi connectivity index (χ4n) is 1.94. The van der Waals surface area contributed by atoms with Crippen molar-refractivity contribution in [3.63, 3.8) is 0 Å². The number of hydrogen-bond donors (Lipinski definition) is 2. The van der Waals surface area contributed by atoms with Gasteiger partial charge in [-0.15, -0.1) is 0 Å². The van der Waals surface area contributed by atoms with E-state index in [2.05, 4.69) is 21.7 Å². The summed E-state index contributed by atoms with van der Waals surface area (Å²) in [7, 11) is 0. The van der Waals surface area contributed by atoms with Crippen LogP contribution in [0.15, 0.2) is 12.1 Å². The van der Waals surface area contributed by atoms with Gasteiger partial charge in [0.1, 0.15) is 11.6 Å². The molecule has 0 aliphatic carbocycles. The van der Waals surface area contributed by atoms with E-state index in [1.54, 1.807) is 0 Å². The van der Waals surface area contributed by atoms with Gasteiger partial charge in [0, 0.05) is 26.2 Å². The summed E-state index contributed by atoms with van der Waals surface area (Å²) in [4.78, 5) is 8.99. The first kappa shape index (κ1) is 11.0. The predicted molar refractivity (Wildman–Crippen MR) is 67.4 cm³/mol. The Bertz CT molecular complexity index is 357. The molecule has 2 rings (SSSR count). The summed E-state index contributed by atoms with van der Waals surface area (Å²) in [6.45, 7) is 7.49. The van der Waals surface area contributed by atoms with Crippen LogP contribution in [0.2, 0.25) is 0 Å². The number of hydrogen-bond acceptors (Lipinski definition) is 5. The van der Waals surface area contributed by atoms with Gasteiger partial charge in [-0.05, 0) is 18.7 Å². The molecule has 88 valence electrons. The van der Waals surface area contributed by atoms with E-state index in [0.29, 0.717) is 11.5 Å². The minimum absolute atomic E-state index is 0.426. The van der Waals surface area contributed by atoms with Crippen LogP contribution in [0.5, 0.6) is 0 Å². The van der Waals surface area contributed by atoms with Crippen molar-refractivity contribution in [1.29, 1.82) is 0 Å². The van der Waals surface area contributed by atoms with Crippen LogP contribution in [0.3, 0.4) is 0 Å². The average molecular weight is 221 g/mol. The summed E-state index contributed by atoms with van der Waals surface area (Å²) in [5.41, 5.74) is 11.9. The highest BCUT2D eigenvalue weighted by molar-refractivity contribution is 5.62. The van der Waals surface area contributed by atoms with Crippen molar-refractivity contribution in [3.8, 4) is 0 Å². The molecule has 0 spiro atoms. The molecule has 0 amide bonds. The quantitative estimate of drug-likeness (QED) is 0.756. The Labute approximate surface area is 96.0 Å². The molecule has 5 heteroatoms. The summed E-state index contributed by atoms with van der Waals surface area (Å²) >= 11 is 0. The van der Waals surface area contributed by atoms with Crippen LogP contribution < -0.4 is 16.4 Å². The van der Waals surface area contributed by atoms with Gasteiger partial charge < -0.3 is 21.3 Å². The zero-order valence-electron chi connectivity index (χ0n) is 9.69. The smallest absolute Gasteiger partial charge is 0.149 e. The zero-order chi connectivity index (χ0) is 11.5. The van der Waals surface area contributed by atoms with Gasteiger partial charge in [0.25, 0.3) is 0 Å². The lowest BCUT2D eigenvalue weighted by Crippen LogP contribution is -2.46. The van der Waals surface area contributed by atoms with Crippen molar-refractivity contribution in [3.05, 3.63) is 12.1 Å². The topological polar surface area (TPSA) is 71.4 Å². The lowest BCUT2D eigenvalue weighted by molar-refractivity contribution is 0.270. The summed E-state index contributed by atoms with van der Waals surface area (Å²) < 4.78 is 0. The number of pyridine rings is 1. The van der Waals surface area contributed by atoms with Gasteiger partial charge in [0.2, 0.25) is 0 Å². The van der Waals surface area contributed by atoms with Gasteiger partial charge in [-0.1, -0.05) is 6.92 Å². The number of nitrogen functional groups attached to an aromatic ring is 2. The molecule has 5 nitrogen and oxygen atoms in total. The van der Waals surface area contributed by atoms with E-state index in [-0.39, 0.29) is 0 Å². The van der Waals surface area contributed by atoms with Crippen molar-refractivity contribution in [2.45, 2.75) is 6.92 Å². The van der Waals surface area contributed by atoms with Crippen molar-refractivity contribution >= 4 is 17.3 Å². The van der Waals surface area contributed by atoms with E-state index in [1.165, 1.54) is 0 Å². The lowest BCUT2D eigenvalue weighted by atomic mass is 10.3. The average Bonchev–Trinajstić information content (AvgIpc) is 2.33. The molecule has 0 unspecified atom stereocenters. The maximum Gasteiger partial charge on any atom is 0.149 e. The van der Waals surface area contributed by atoms with Crippen molar-refractivity contribution in [2.24, 2.45) is 0 Å². The molecule has 1 aliphatic rings. The zero-order valence-corrected chi connectivity index (χ0v) is 9.69. The summed E-state index contributed by atoms with van der Waals surface area (Å²) in [6.07, 6.45) is 0. The van der Waals surface area contributed by atoms with Gasteiger partial charge in [0.15, 0.2) is 0 Å². The van der Waals surface area contributed by atoms with Crippen molar-refractivity contribution in [2.75, 3.05) is 49.1 Å². The molecule has 0 radical (unpaired) electrons. The number of nitrogens with zero attached hydrogens (tertiary/aromatic N) is 3. The Morgan fingerprint density at radius 1 is 1.19 bits per heavy atom. The van der Waals surface area contributed by atoms with Crippen LogP contribution >= 0.6 is 0 Å². The lowest BCUT2D eigenvalue weighted by Gasteiger charge is -2.34. The van der Waals surface area contributed by atoms with E-state index in [9.17, 15) is 0 Å². The largest absolute Gasteiger partial charge is 0.396 e.